The molecule has 1 aliphatic carbocycles. The van der Waals surface area contributed by atoms with E-state index in [1.165, 1.54) is 0 Å². The Hall–Kier alpha value is -3.84. The highest BCUT2D eigenvalue weighted by Gasteiger charge is 2.33. The van der Waals surface area contributed by atoms with Crippen molar-refractivity contribution in [2.75, 3.05) is 52.7 Å². The molecule has 13 nitrogen and oxygen atoms in total. The Bertz CT molecular complexity index is 1100. The van der Waals surface area contributed by atoms with Gasteiger partial charge in [0, 0.05) is 18.7 Å². The lowest BCUT2D eigenvalue weighted by Crippen LogP contribution is -2.58. The third-order valence-corrected chi connectivity index (χ3v) is 7.38. The average Bonchev–Trinajstić information content (AvgIpc) is 3.03. The minimum Gasteiger partial charge on any atom is -0.465 e. The van der Waals surface area contributed by atoms with Crippen LogP contribution < -0.4 is 16.0 Å². The van der Waals surface area contributed by atoms with E-state index in [-0.39, 0.29) is 18.3 Å². The van der Waals surface area contributed by atoms with E-state index in [4.69, 9.17) is 14.2 Å². The lowest BCUT2D eigenvalue weighted by atomic mass is 9.84. The lowest BCUT2D eigenvalue weighted by molar-refractivity contribution is -0.145. The molecule has 1 saturated carbocycles. The number of urea groups is 1. The fourth-order valence-corrected chi connectivity index (χ4v) is 5.04. The Balaban J connectivity index is 1.71. The standard InChI is InChI=1S/C30H42N4O9/c1-2-43-26(36)18-31-29(39)27(37)24(19-42-20-25(35)22-11-7-4-8-12-22)32-28(38)23(17-21-9-5-3-6-10-21)33-30(40)34-13-15-41-16-14-34/h4,7-8,11-12,21,23-24H,2-3,5-6,9-10,13-20H2,1H3,(H,31,39)(H,32,38)(H,33,40)/t23-,24-/m0/s1. The third-order valence-electron chi connectivity index (χ3n) is 7.38. The van der Waals surface area contributed by atoms with Crippen molar-refractivity contribution in [1.29, 1.82) is 0 Å². The van der Waals surface area contributed by atoms with E-state index in [0.29, 0.717) is 38.3 Å². The molecular formula is C30H42N4O9. The van der Waals surface area contributed by atoms with Crippen LogP contribution in [0.5, 0.6) is 0 Å². The molecular weight excluding hydrogens is 560 g/mol. The number of Topliss-reactive ketones (excluding diaryl/α,β-unsaturated/α-hetero) is 2. The van der Waals surface area contributed by atoms with Gasteiger partial charge in [0.15, 0.2) is 5.78 Å². The highest BCUT2D eigenvalue weighted by atomic mass is 16.5. The minimum absolute atomic E-state index is 0.100. The van der Waals surface area contributed by atoms with E-state index in [1.807, 2.05) is 0 Å². The van der Waals surface area contributed by atoms with Crippen molar-refractivity contribution in [3.63, 3.8) is 0 Å². The number of rotatable bonds is 15. The predicted octanol–water partition coefficient (Wildman–Crippen LogP) is 1.000. The normalized spacial score (nSPS) is 16.8. The monoisotopic (exact) mass is 602 g/mol. The minimum atomic E-state index is -1.48. The first kappa shape index (κ1) is 33.7. The van der Waals surface area contributed by atoms with Crippen LogP contribution in [-0.2, 0) is 33.4 Å². The van der Waals surface area contributed by atoms with Gasteiger partial charge in [-0.15, -0.1) is 0 Å². The summed E-state index contributed by atoms with van der Waals surface area (Å²) in [5.74, 6) is -3.72. The van der Waals surface area contributed by atoms with Gasteiger partial charge in [0.25, 0.3) is 5.91 Å². The van der Waals surface area contributed by atoms with E-state index < -0.39 is 61.4 Å². The van der Waals surface area contributed by atoms with Crippen LogP contribution in [0.1, 0.15) is 55.8 Å². The first-order valence-corrected chi connectivity index (χ1v) is 14.9. The van der Waals surface area contributed by atoms with Crippen LogP contribution in [0.25, 0.3) is 0 Å². The zero-order chi connectivity index (χ0) is 31.0. The van der Waals surface area contributed by atoms with Crippen molar-refractivity contribution in [3.8, 4) is 0 Å². The van der Waals surface area contributed by atoms with Gasteiger partial charge in [-0.2, -0.15) is 0 Å². The van der Waals surface area contributed by atoms with Gasteiger partial charge in [0.05, 0.1) is 26.4 Å². The summed E-state index contributed by atoms with van der Waals surface area (Å²) in [6, 6.07) is 5.53. The molecule has 4 amide bonds. The summed E-state index contributed by atoms with van der Waals surface area (Å²) in [5.41, 5.74) is 0.403. The van der Waals surface area contributed by atoms with Crippen molar-refractivity contribution in [3.05, 3.63) is 35.9 Å². The average molecular weight is 603 g/mol. The van der Waals surface area contributed by atoms with Crippen molar-refractivity contribution in [2.24, 2.45) is 5.92 Å². The molecule has 13 heteroatoms. The van der Waals surface area contributed by atoms with Crippen molar-refractivity contribution in [1.82, 2.24) is 20.9 Å². The van der Waals surface area contributed by atoms with Gasteiger partial charge < -0.3 is 35.1 Å². The largest absolute Gasteiger partial charge is 0.465 e. The van der Waals surface area contributed by atoms with Crippen LogP contribution in [-0.4, -0.2) is 105 Å². The summed E-state index contributed by atoms with van der Waals surface area (Å²) >= 11 is 0. The number of nitrogens with one attached hydrogen (secondary N) is 3. The number of ketones is 2. The molecule has 1 aliphatic heterocycles. The molecule has 3 rings (SSSR count). The SMILES string of the molecule is CCOC(=O)CNC(=O)C(=O)[C@H](COCC(=O)c1ccccc1)NC(=O)[C@H](CC1CCCCC1)NC(=O)N1CCOCC1. The van der Waals surface area contributed by atoms with Crippen molar-refractivity contribution < 1.29 is 43.0 Å². The fourth-order valence-electron chi connectivity index (χ4n) is 5.04. The van der Waals surface area contributed by atoms with Crippen molar-refractivity contribution >= 4 is 35.4 Å². The smallest absolute Gasteiger partial charge is 0.325 e. The molecule has 2 fully saturated rings. The molecule has 1 heterocycles. The Morgan fingerprint density at radius 3 is 2.33 bits per heavy atom. The summed E-state index contributed by atoms with van der Waals surface area (Å²) in [7, 11) is 0. The number of hydrogen-bond donors (Lipinski definition) is 3. The van der Waals surface area contributed by atoms with E-state index in [2.05, 4.69) is 16.0 Å². The molecule has 0 bridgehead atoms. The van der Waals surface area contributed by atoms with Gasteiger partial charge in [0.1, 0.15) is 25.2 Å². The zero-order valence-corrected chi connectivity index (χ0v) is 24.6. The molecule has 0 radical (unpaired) electrons. The molecule has 2 aliphatic rings. The number of nitrogens with zero attached hydrogens (tertiary/aromatic N) is 1. The second kappa shape index (κ2) is 18.0. The fraction of sp³-hybridized carbons (Fsp3) is 0.600. The molecule has 0 aromatic heterocycles. The summed E-state index contributed by atoms with van der Waals surface area (Å²) in [5, 5.41) is 7.56. The highest BCUT2D eigenvalue weighted by Crippen LogP contribution is 2.27. The molecule has 1 saturated heterocycles. The number of hydrogen-bond acceptors (Lipinski definition) is 9. The maximum Gasteiger partial charge on any atom is 0.325 e. The number of amides is 4. The van der Waals surface area contributed by atoms with E-state index in [9.17, 15) is 28.8 Å². The zero-order valence-electron chi connectivity index (χ0n) is 24.6. The number of ether oxygens (including phenoxy) is 3. The Morgan fingerprint density at radius 1 is 0.953 bits per heavy atom. The van der Waals surface area contributed by atoms with E-state index in [0.717, 1.165) is 32.1 Å². The molecule has 1 aromatic carbocycles. The Labute approximate surface area is 251 Å². The summed E-state index contributed by atoms with van der Waals surface area (Å²) in [4.78, 5) is 78.1. The first-order chi connectivity index (χ1) is 20.8. The Morgan fingerprint density at radius 2 is 1.65 bits per heavy atom. The molecule has 0 spiro atoms. The quantitative estimate of drug-likeness (QED) is 0.151. The molecule has 0 unspecified atom stereocenters. The summed E-state index contributed by atoms with van der Waals surface area (Å²) < 4.78 is 15.6. The van der Waals surface area contributed by atoms with Crippen LogP contribution in [0, 0.1) is 5.92 Å². The number of carbonyl (C=O) groups excluding carboxylic acids is 6. The number of esters is 1. The number of carbonyl (C=O) groups is 6. The van der Waals surface area contributed by atoms with E-state index in [1.54, 1.807) is 42.2 Å². The molecule has 236 valence electrons. The van der Waals surface area contributed by atoms with E-state index >= 15 is 0 Å². The predicted molar refractivity (Wildman–Crippen MR) is 154 cm³/mol. The maximum absolute atomic E-state index is 13.6. The maximum atomic E-state index is 13.6. The first-order valence-electron chi connectivity index (χ1n) is 14.9. The summed E-state index contributed by atoms with van der Waals surface area (Å²) in [6.45, 7) is 1.84. The third kappa shape index (κ3) is 11.4. The van der Waals surface area contributed by atoms with Crippen LogP contribution in [0.15, 0.2) is 30.3 Å². The second-order valence-electron chi connectivity index (χ2n) is 10.6. The van der Waals surface area contributed by atoms with Gasteiger partial charge >= 0.3 is 12.0 Å². The van der Waals surface area contributed by atoms with Gasteiger partial charge in [-0.3, -0.25) is 24.0 Å². The van der Waals surface area contributed by atoms with Crippen LogP contribution >= 0.6 is 0 Å². The topological polar surface area (TPSA) is 169 Å². The summed E-state index contributed by atoms with van der Waals surface area (Å²) in [6.07, 6.45) is 5.37. The van der Waals surface area contributed by atoms with Gasteiger partial charge in [-0.1, -0.05) is 62.4 Å². The highest BCUT2D eigenvalue weighted by molar-refractivity contribution is 6.38. The second-order valence-corrected chi connectivity index (χ2v) is 10.6. The van der Waals surface area contributed by atoms with Crippen LogP contribution in [0.4, 0.5) is 4.79 Å². The van der Waals surface area contributed by atoms with Crippen LogP contribution in [0.3, 0.4) is 0 Å². The Kier molecular flexibility index (Phi) is 14.1. The molecule has 2 atom stereocenters. The number of morpholine rings is 1. The van der Waals surface area contributed by atoms with Crippen molar-refractivity contribution in [2.45, 2.75) is 57.5 Å². The lowest BCUT2D eigenvalue weighted by Gasteiger charge is -2.31. The van der Waals surface area contributed by atoms with Gasteiger partial charge in [0.2, 0.25) is 11.7 Å². The molecule has 43 heavy (non-hydrogen) atoms. The van der Waals surface area contributed by atoms with Gasteiger partial charge in [-0.25, -0.2) is 4.79 Å². The number of benzene rings is 1. The van der Waals surface area contributed by atoms with Gasteiger partial charge in [-0.05, 0) is 19.3 Å². The molecule has 1 aromatic rings. The van der Waals surface area contributed by atoms with Crippen LogP contribution in [0.2, 0.25) is 0 Å². The molecule has 3 N–H and O–H groups in total.